The van der Waals surface area contributed by atoms with Crippen molar-refractivity contribution in [2.75, 3.05) is 17.7 Å². The molecule has 0 spiro atoms. The molecule has 1 atom stereocenters. The predicted octanol–water partition coefficient (Wildman–Crippen LogP) is 4.60. The van der Waals surface area contributed by atoms with Gasteiger partial charge in [-0.2, -0.15) is 0 Å². The molecule has 2 aromatic rings. The molecule has 0 amide bonds. The summed E-state index contributed by atoms with van der Waals surface area (Å²) < 4.78 is 0. The monoisotopic (exact) mass is 295 g/mol. The Kier molecular flexibility index (Phi) is 4.51. The lowest BCUT2D eigenvalue weighted by Crippen LogP contribution is -2.07. The molecule has 0 aliphatic heterocycles. The predicted molar refractivity (Wildman–Crippen MR) is 82.3 cm³/mol. The average molecular weight is 296 g/mol. The van der Waals surface area contributed by atoms with E-state index in [9.17, 15) is 0 Å². The van der Waals surface area contributed by atoms with Crippen LogP contribution in [-0.4, -0.2) is 12.0 Å². The number of hydrogen-bond donors (Lipinski definition) is 2. The molecule has 5 heteroatoms. The van der Waals surface area contributed by atoms with Crippen LogP contribution in [0.25, 0.3) is 0 Å². The van der Waals surface area contributed by atoms with Gasteiger partial charge in [0.2, 0.25) is 0 Å². The quantitative estimate of drug-likeness (QED) is 0.865. The fourth-order valence-corrected chi connectivity index (χ4v) is 2.41. The second-order valence-corrected chi connectivity index (χ2v) is 5.06. The van der Waals surface area contributed by atoms with Crippen molar-refractivity contribution in [1.29, 1.82) is 0 Å². The molecule has 19 heavy (non-hydrogen) atoms. The second-order valence-electron chi connectivity index (χ2n) is 4.21. The molecule has 100 valence electrons. The molecule has 3 nitrogen and oxygen atoms in total. The largest absolute Gasteiger partial charge is 0.378 e. The maximum Gasteiger partial charge on any atom is 0.127 e. The van der Waals surface area contributed by atoms with E-state index in [0.717, 1.165) is 17.1 Å². The van der Waals surface area contributed by atoms with Crippen molar-refractivity contribution in [3.05, 3.63) is 52.1 Å². The van der Waals surface area contributed by atoms with Gasteiger partial charge in [0.15, 0.2) is 0 Å². The Hall–Kier alpha value is -1.45. The molecule has 1 unspecified atom stereocenters. The van der Waals surface area contributed by atoms with Gasteiger partial charge in [-0.1, -0.05) is 29.3 Å². The highest BCUT2D eigenvalue weighted by Crippen LogP contribution is 2.28. The van der Waals surface area contributed by atoms with E-state index in [2.05, 4.69) is 22.5 Å². The smallest absolute Gasteiger partial charge is 0.127 e. The molecular weight excluding hydrogens is 281 g/mol. The Morgan fingerprint density at radius 1 is 1.16 bits per heavy atom. The third-order valence-electron chi connectivity index (χ3n) is 2.83. The highest BCUT2D eigenvalue weighted by atomic mass is 35.5. The lowest BCUT2D eigenvalue weighted by molar-refractivity contribution is 0.884. The molecule has 0 saturated carbocycles. The number of pyridine rings is 1. The van der Waals surface area contributed by atoms with Gasteiger partial charge in [0.05, 0.1) is 0 Å². The van der Waals surface area contributed by atoms with Crippen LogP contribution in [0.1, 0.15) is 18.5 Å². The maximum absolute atomic E-state index is 6.20. The van der Waals surface area contributed by atoms with E-state index in [1.807, 2.05) is 31.3 Å². The first-order valence-corrected chi connectivity index (χ1v) is 6.71. The molecule has 0 radical (unpaired) electrons. The standard InChI is InChI=1S/C14H15Cl2N3/c1-9(12-4-3-10(15)7-13(12)16)19-11-5-6-18-14(8-11)17-2/h3-9H,1-2H3,(H2,17,18,19). The number of hydrogen-bond acceptors (Lipinski definition) is 3. The average Bonchev–Trinajstić information content (AvgIpc) is 2.38. The Labute approximate surface area is 123 Å². The summed E-state index contributed by atoms with van der Waals surface area (Å²) in [6.45, 7) is 2.05. The van der Waals surface area contributed by atoms with Gasteiger partial charge in [-0.05, 0) is 30.7 Å². The first kappa shape index (κ1) is 14.0. The molecule has 1 heterocycles. The fraction of sp³-hybridized carbons (Fsp3) is 0.214. The van der Waals surface area contributed by atoms with Crippen molar-refractivity contribution in [2.24, 2.45) is 0 Å². The number of nitrogens with one attached hydrogen (secondary N) is 2. The van der Waals surface area contributed by atoms with Gasteiger partial charge in [-0.3, -0.25) is 0 Å². The van der Waals surface area contributed by atoms with Crippen LogP contribution in [0.15, 0.2) is 36.5 Å². The maximum atomic E-state index is 6.20. The molecule has 0 aliphatic rings. The molecular formula is C14H15Cl2N3. The third-order valence-corrected chi connectivity index (χ3v) is 3.39. The Morgan fingerprint density at radius 2 is 1.95 bits per heavy atom. The van der Waals surface area contributed by atoms with Gasteiger partial charge in [0.25, 0.3) is 0 Å². The summed E-state index contributed by atoms with van der Waals surface area (Å²) in [7, 11) is 1.84. The van der Waals surface area contributed by atoms with Crippen molar-refractivity contribution < 1.29 is 0 Å². The number of nitrogens with zero attached hydrogens (tertiary/aromatic N) is 1. The molecule has 0 bridgehead atoms. The molecule has 1 aromatic carbocycles. The lowest BCUT2D eigenvalue weighted by Gasteiger charge is -2.17. The van der Waals surface area contributed by atoms with E-state index in [1.54, 1.807) is 12.3 Å². The van der Waals surface area contributed by atoms with Crippen LogP contribution >= 0.6 is 23.2 Å². The van der Waals surface area contributed by atoms with E-state index in [0.29, 0.717) is 10.0 Å². The number of rotatable bonds is 4. The minimum atomic E-state index is 0.0804. The second kappa shape index (κ2) is 6.13. The van der Waals surface area contributed by atoms with E-state index in [1.165, 1.54) is 0 Å². The minimum absolute atomic E-state index is 0.0804. The van der Waals surface area contributed by atoms with E-state index in [4.69, 9.17) is 23.2 Å². The van der Waals surface area contributed by atoms with Crippen molar-refractivity contribution in [3.63, 3.8) is 0 Å². The first-order chi connectivity index (χ1) is 9.10. The summed E-state index contributed by atoms with van der Waals surface area (Å²) >= 11 is 12.1. The van der Waals surface area contributed by atoms with E-state index in [-0.39, 0.29) is 6.04 Å². The summed E-state index contributed by atoms with van der Waals surface area (Å²) in [5, 5.41) is 7.69. The Bertz CT molecular complexity index is 572. The highest BCUT2D eigenvalue weighted by molar-refractivity contribution is 6.35. The number of halogens is 2. The van der Waals surface area contributed by atoms with Crippen molar-refractivity contribution in [1.82, 2.24) is 4.98 Å². The van der Waals surface area contributed by atoms with E-state index < -0.39 is 0 Å². The van der Waals surface area contributed by atoms with Crippen LogP contribution in [-0.2, 0) is 0 Å². The normalized spacial score (nSPS) is 12.0. The summed E-state index contributed by atoms with van der Waals surface area (Å²) in [6.07, 6.45) is 1.75. The van der Waals surface area contributed by atoms with Gasteiger partial charge < -0.3 is 10.6 Å². The zero-order valence-corrected chi connectivity index (χ0v) is 12.3. The number of benzene rings is 1. The van der Waals surface area contributed by atoms with Crippen molar-refractivity contribution in [2.45, 2.75) is 13.0 Å². The van der Waals surface area contributed by atoms with Crippen LogP contribution in [0.2, 0.25) is 10.0 Å². The van der Waals surface area contributed by atoms with Gasteiger partial charge in [0.1, 0.15) is 5.82 Å². The van der Waals surface area contributed by atoms with Gasteiger partial charge >= 0.3 is 0 Å². The van der Waals surface area contributed by atoms with Gasteiger partial charge in [-0.15, -0.1) is 0 Å². The molecule has 0 fully saturated rings. The van der Waals surface area contributed by atoms with Crippen LogP contribution < -0.4 is 10.6 Å². The van der Waals surface area contributed by atoms with Crippen LogP contribution in [0, 0.1) is 0 Å². The van der Waals surface area contributed by atoms with Crippen molar-refractivity contribution >= 4 is 34.7 Å². The third kappa shape index (κ3) is 3.52. The number of anilines is 2. The summed E-state index contributed by atoms with van der Waals surface area (Å²) in [6, 6.07) is 9.47. The van der Waals surface area contributed by atoms with Gasteiger partial charge in [-0.25, -0.2) is 4.98 Å². The molecule has 0 aliphatic carbocycles. The molecule has 2 rings (SSSR count). The van der Waals surface area contributed by atoms with Crippen molar-refractivity contribution in [3.8, 4) is 0 Å². The zero-order chi connectivity index (χ0) is 13.8. The first-order valence-electron chi connectivity index (χ1n) is 5.95. The zero-order valence-electron chi connectivity index (χ0n) is 10.7. The van der Waals surface area contributed by atoms with Crippen LogP contribution in [0.5, 0.6) is 0 Å². The molecule has 1 aromatic heterocycles. The highest BCUT2D eigenvalue weighted by Gasteiger charge is 2.10. The van der Waals surface area contributed by atoms with E-state index >= 15 is 0 Å². The summed E-state index contributed by atoms with van der Waals surface area (Å²) in [5.41, 5.74) is 1.99. The SMILES string of the molecule is CNc1cc(NC(C)c2ccc(Cl)cc2Cl)ccn1. The minimum Gasteiger partial charge on any atom is -0.378 e. The molecule has 0 saturated heterocycles. The van der Waals surface area contributed by atoms with Crippen LogP contribution in [0.4, 0.5) is 11.5 Å². The van der Waals surface area contributed by atoms with Gasteiger partial charge in [0, 0.05) is 41.1 Å². The topological polar surface area (TPSA) is 37.0 Å². The summed E-state index contributed by atoms with van der Waals surface area (Å²) in [4.78, 5) is 4.17. The fourth-order valence-electron chi connectivity index (χ4n) is 1.84. The lowest BCUT2D eigenvalue weighted by atomic mass is 10.1. The Balaban J connectivity index is 2.17. The van der Waals surface area contributed by atoms with Crippen LogP contribution in [0.3, 0.4) is 0 Å². The Morgan fingerprint density at radius 3 is 2.63 bits per heavy atom. The summed E-state index contributed by atoms with van der Waals surface area (Å²) in [5.74, 6) is 0.819. The molecule has 2 N–H and O–H groups in total. The number of aromatic nitrogens is 1.